The van der Waals surface area contributed by atoms with Gasteiger partial charge in [0.25, 0.3) is 0 Å². The molecule has 0 spiro atoms. The minimum absolute atomic E-state index is 0.0972. The maximum atomic E-state index is 13.6. The summed E-state index contributed by atoms with van der Waals surface area (Å²) in [5, 5.41) is 15.5. The fourth-order valence-electron chi connectivity index (χ4n) is 6.41. The Morgan fingerprint density at radius 2 is 1.69 bits per heavy atom. The van der Waals surface area contributed by atoms with E-state index in [-0.39, 0.29) is 28.5 Å². The van der Waals surface area contributed by atoms with Crippen LogP contribution in [0.25, 0.3) is 0 Å². The Morgan fingerprint density at radius 3 is 2.35 bits per heavy atom. The predicted octanol–water partition coefficient (Wildman–Crippen LogP) is 6.31. The van der Waals surface area contributed by atoms with Gasteiger partial charge in [-0.3, -0.25) is 10.2 Å². The van der Waals surface area contributed by atoms with Crippen molar-refractivity contribution in [1.82, 2.24) is 10.2 Å². The number of nitrogens with zero attached hydrogens (tertiary/aromatic N) is 2. The summed E-state index contributed by atoms with van der Waals surface area (Å²) in [4.78, 5) is 30.7. The summed E-state index contributed by atoms with van der Waals surface area (Å²) >= 11 is 14.1. The number of halogens is 2. The van der Waals surface area contributed by atoms with Crippen molar-refractivity contribution in [3.05, 3.63) is 115 Å². The molecule has 3 fully saturated rings. The van der Waals surface area contributed by atoms with Gasteiger partial charge < -0.3 is 24.2 Å². The van der Waals surface area contributed by atoms with Crippen LogP contribution in [0.5, 0.6) is 11.5 Å². The molecule has 0 unspecified atom stereocenters. The largest absolute Gasteiger partial charge is 0.619 e. The molecule has 3 aliphatic heterocycles. The number of piperidine rings is 3. The summed E-state index contributed by atoms with van der Waals surface area (Å²) in [6.07, 6.45) is 3.65. The van der Waals surface area contributed by atoms with Gasteiger partial charge >= 0.3 is 11.9 Å². The molecule has 3 aliphatic rings. The highest BCUT2D eigenvalue weighted by atomic mass is 35.5. The van der Waals surface area contributed by atoms with Crippen LogP contribution in [0.2, 0.25) is 10.0 Å². The number of rotatable bonds is 13. The number of methoxy groups -OCH3 is 2. The van der Waals surface area contributed by atoms with E-state index in [2.05, 4.69) is 10.2 Å². The highest BCUT2D eigenvalue weighted by molar-refractivity contribution is 7.13. The van der Waals surface area contributed by atoms with Crippen LogP contribution < -0.4 is 19.5 Å². The number of hydrogen-bond acceptors (Lipinski definition) is 10. The number of ether oxygens (including phenoxy) is 4. The molecular formula is C36H37Cl2N3O7S. The van der Waals surface area contributed by atoms with Crippen LogP contribution in [0.1, 0.15) is 56.2 Å². The van der Waals surface area contributed by atoms with E-state index < -0.39 is 18.1 Å². The van der Waals surface area contributed by atoms with Gasteiger partial charge in [-0.05, 0) is 67.2 Å². The Bertz CT molecular complexity index is 1760. The van der Waals surface area contributed by atoms with E-state index in [1.54, 1.807) is 24.3 Å². The lowest BCUT2D eigenvalue weighted by atomic mass is 9.86. The van der Waals surface area contributed by atoms with Crippen molar-refractivity contribution < 1.29 is 33.3 Å². The van der Waals surface area contributed by atoms with Gasteiger partial charge in [0.2, 0.25) is 0 Å². The van der Waals surface area contributed by atoms with E-state index in [9.17, 15) is 14.8 Å². The van der Waals surface area contributed by atoms with Crippen LogP contribution >= 0.6 is 34.5 Å². The van der Waals surface area contributed by atoms with E-state index >= 15 is 0 Å². The van der Waals surface area contributed by atoms with Crippen molar-refractivity contribution in [2.45, 2.75) is 44.1 Å². The minimum atomic E-state index is -0.836. The zero-order chi connectivity index (χ0) is 34.5. The number of carbonyl (C=O) groups is 2. The van der Waals surface area contributed by atoms with Gasteiger partial charge in [-0.1, -0.05) is 59.6 Å². The molecule has 0 radical (unpaired) electrons. The van der Waals surface area contributed by atoms with Crippen LogP contribution in [-0.2, 0) is 27.2 Å². The van der Waals surface area contributed by atoms with E-state index in [0.717, 1.165) is 42.9 Å². The van der Waals surface area contributed by atoms with Gasteiger partial charge in [0.15, 0.2) is 23.9 Å². The van der Waals surface area contributed by atoms with Crippen LogP contribution in [-0.4, -0.2) is 56.8 Å². The first-order chi connectivity index (χ1) is 23.7. The molecule has 2 aromatic heterocycles. The molecule has 258 valence electrons. The van der Waals surface area contributed by atoms with Gasteiger partial charge in [-0.2, -0.15) is 4.73 Å². The zero-order valence-electron chi connectivity index (χ0n) is 27.1. The topological polar surface area (TPSA) is 113 Å². The number of pyridine rings is 1. The summed E-state index contributed by atoms with van der Waals surface area (Å²) in [6.45, 7) is 3.23. The molecule has 1 N–H and O–H groups in total. The first-order valence-corrected chi connectivity index (χ1v) is 17.6. The SMILES string of the molecule is COc1ccc([C@H](Cc2c(Cl)c[n+]([O-])cc2Cl)OC(=O)c2ccc(CN[C@@H](C(=O)O[C@H]3CN4CCC3CC4)c3ccccc3)s2)cc1OC. The number of aromatic nitrogens is 1. The van der Waals surface area contributed by atoms with Crippen molar-refractivity contribution in [3.8, 4) is 11.5 Å². The Morgan fingerprint density at radius 1 is 0.980 bits per heavy atom. The lowest BCUT2D eigenvalue weighted by Gasteiger charge is -2.44. The number of benzene rings is 2. The Labute approximate surface area is 299 Å². The molecule has 10 nitrogen and oxygen atoms in total. The maximum Gasteiger partial charge on any atom is 0.348 e. The van der Waals surface area contributed by atoms with Gasteiger partial charge in [0.1, 0.15) is 33.2 Å². The zero-order valence-corrected chi connectivity index (χ0v) is 29.4. The molecule has 4 aromatic rings. The third-order valence-electron chi connectivity index (χ3n) is 9.05. The molecule has 2 aromatic carbocycles. The number of fused-ring (bicyclic) bond motifs is 3. The molecule has 49 heavy (non-hydrogen) atoms. The highest BCUT2D eigenvalue weighted by Crippen LogP contribution is 2.36. The first kappa shape index (κ1) is 35.0. The first-order valence-electron chi connectivity index (χ1n) is 16.0. The molecule has 0 saturated carbocycles. The molecule has 5 heterocycles. The number of hydrogen-bond donors (Lipinski definition) is 1. The number of nitrogens with one attached hydrogen (secondary N) is 1. The molecule has 13 heteroatoms. The molecule has 3 atom stereocenters. The fraction of sp³-hybridized carbons (Fsp3) is 0.361. The van der Waals surface area contributed by atoms with Gasteiger partial charge in [-0.25, -0.2) is 9.59 Å². The summed E-state index contributed by atoms with van der Waals surface area (Å²) in [5.41, 5.74) is 1.88. The van der Waals surface area contributed by atoms with E-state index in [1.807, 2.05) is 36.4 Å². The van der Waals surface area contributed by atoms with Crippen molar-refractivity contribution in [2.24, 2.45) is 5.92 Å². The summed E-state index contributed by atoms with van der Waals surface area (Å²) in [5.74, 6) is 0.500. The summed E-state index contributed by atoms with van der Waals surface area (Å²) < 4.78 is 23.5. The van der Waals surface area contributed by atoms with E-state index in [4.69, 9.17) is 42.1 Å². The van der Waals surface area contributed by atoms with Crippen LogP contribution in [0.4, 0.5) is 0 Å². The average molecular weight is 727 g/mol. The molecule has 7 rings (SSSR count). The monoisotopic (exact) mass is 725 g/mol. The third-order valence-corrected chi connectivity index (χ3v) is 10.8. The van der Waals surface area contributed by atoms with E-state index in [0.29, 0.717) is 44.7 Å². The summed E-state index contributed by atoms with van der Waals surface area (Å²) in [6, 6.07) is 17.6. The lowest BCUT2D eigenvalue weighted by molar-refractivity contribution is -0.605. The summed E-state index contributed by atoms with van der Waals surface area (Å²) in [7, 11) is 3.05. The van der Waals surface area contributed by atoms with Crippen LogP contribution in [0.3, 0.4) is 0 Å². The second-order valence-corrected chi connectivity index (χ2v) is 14.1. The molecular weight excluding hydrogens is 689 g/mol. The van der Waals surface area contributed by atoms with Crippen molar-refractivity contribution in [3.63, 3.8) is 0 Å². The maximum absolute atomic E-state index is 13.6. The molecule has 3 saturated heterocycles. The van der Waals surface area contributed by atoms with E-state index in [1.165, 1.54) is 38.0 Å². The average Bonchev–Trinajstić information content (AvgIpc) is 3.59. The number of esters is 2. The van der Waals surface area contributed by atoms with Gasteiger partial charge in [0.05, 0.1) is 14.2 Å². The quantitative estimate of drug-likeness (QED) is 0.0962. The Hall–Kier alpha value is -3.87. The smallest absolute Gasteiger partial charge is 0.348 e. The molecule has 0 aliphatic carbocycles. The van der Waals surface area contributed by atoms with Gasteiger partial charge in [-0.15, -0.1) is 11.3 Å². The Balaban J connectivity index is 1.17. The third kappa shape index (κ3) is 8.30. The lowest BCUT2D eigenvalue weighted by Crippen LogP contribution is -2.52. The normalized spacial score (nSPS) is 19.6. The van der Waals surface area contributed by atoms with Gasteiger partial charge in [0, 0.05) is 30.0 Å². The number of carbonyl (C=O) groups excluding carboxylic acids is 2. The second kappa shape index (κ2) is 15.8. The Kier molecular flexibility index (Phi) is 11.3. The van der Waals surface area contributed by atoms with Crippen molar-refractivity contribution in [1.29, 1.82) is 0 Å². The standard InChI is InChI=1S/C36H37Cl2N3O7S/c1-45-29-10-8-24(16-31(29)46-2)30(17-26-27(37)19-41(44)20-28(26)38)47-35(42)33-11-9-25(49-33)18-39-34(23-6-4-3-5-7-23)36(43)48-32-21-40-14-12-22(32)13-15-40/h3-11,16,19-20,22,30,32,34,39H,12-15,17-18,21H2,1-2H3/t30-,32-,34+/m0/s1. The second-order valence-electron chi connectivity index (χ2n) is 12.1. The fourth-order valence-corrected chi connectivity index (χ4v) is 7.85. The molecule has 0 amide bonds. The highest BCUT2D eigenvalue weighted by Gasteiger charge is 2.38. The molecule has 2 bridgehead atoms. The van der Waals surface area contributed by atoms with Crippen LogP contribution in [0, 0.1) is 11.1 Å². The minimum Gasteiger partial charge on any atom is -0.619 e. The predicted molar refractivity (Wildman–Crippen MR) is 186 cm³/mol. The van der Waals surface area contributed by atoms with Crippen molar-refractivity contribution in [2.75, 3.05) is 33.9 Å². The number of thiophene rings is 1. The van der Waals surface area contributed by atoms with Crippen molar-refractivity contribution >= 4 is 46.5 Å². The van der Waals surface area contributed by atoms with Crippen LogP contribution in [0.15, 0.2) is 73.1 Å².